The van der Waals surface area contributed by atoms with Gasteiger partial charge in [0.05, 0.1) is 5.69 Å². The molecule has 0 aliphatic rings. The predicted octanol–water partition coefficient (Wildman–Crippen LogP) is 6.87. The number of hydrogen-bond acceptors (Lipinski definition) is 2. The van der Waals surface area contributed by atoms with Crippen molar-refractivity contribution in [3.63, 3.8) is 0 Å². The number of nitrogens with one attached hydrogen (secondary N) is 2. The fourth-order valence-electron chi connectivity index (χ4n) is 4.68. The van der Waals surface area contributed by atoms with Crippen molar-refractivity contribution in [1.29, 1.82) is 0 Å². The molecule has 0 saturated carbocycles. The molecule has 0 saturated heterocycles. The Balaban J connectivity index is 1.41. The Kier molecular flexibility index (Phi) is 6.96. The number of para-hydroxylation sites is 1. The molecule has 3 heteroatoms. The topological polar surface area (TPSA) is 48.0 Å². The zero-order valence-electron chi connectivity index (χ0n) is 19.4. The van der Waals surface area contributed by atoms with Crippen molar-refractivity contribution in [2.45, 2.75) is 46.0 Å². The van der Waals surface area contributed by atoms with Crippen LogP contribution in [0.2, 0.25) is 0 Å². The first-order chi connectivity index (χ1) is 15.5. The molecule has 0 fully saturated rings. The van der Waals surface area contributed by atoms with E-state index in [1.165, 1.54) is 44.4 Å². The van der Waals surface area contributed by atoms with Gasteiger partial charge in [-0.3, -0.25) is 0 Å². The van der Waals surface area contributed by atoms with E-state index >= 15 is 0 Å². The lowest BCUT2D eigenvalue weighted by Gasteiger charge is -2.16. The number of aryl methyl sites for hydroxylation is 3. The van der Waals surface area contributed by atoms with Gasteiger partial charge in [-0.15, -0.1) is 0 Å². The first-order valence-corrected chi connectivity index (χ1v) is 11.7. The van der Waals surface area contributed by atoms with E-state index in [-0.39, 0.29) is 0 Å². The van der Waals surface area contributed by atoms with Crippen LogP contribution in [0.4, 0.5) is 0 Å². The summed E-state index contributed by atoms with van der Waals surface area (Å²) < 4.78 is 0. The summed E-state index contributed by atoms with van der Waals surface area (Å²) in [4.78, 5) is 3.70. The quantitative estimate of drug-likeness (QED) is 0.256. The molecule has 0 aliphatic carbocycles. The molecule has 32 heavy (non-hydrogen) atoms. The van der Waals surface area contributed by atoms with Gasteiger partial charge in [0.25, 0.3) is 0 Å². The number of unbranched alkanes of at least 4 members (excludes halogenated alkanes) is 1. The molecule has 0 aliphatic heterocycles. The number of H-pyrrole nitrogens is 1. The second-order valence-corrected chi connectivity index (χ2v) is 9.06. The van der Waals surface area contributed by atoms with E-state index in [9.17, 15) is 5.11 Å². The van der Waals surface area contributed by atoms with E-state index in [0.29, 0.717) is 11.7 Å². The van der Waals surface area contributed by atoms with Gasteiger partial charge in [0.1, 0.15) is 5.75 Å². The molecule has 0 amide bonds. The van der Waals surface area contributed by atoms with E-state index in [2.05, 4.69) is 73.5 Å². The molecular formula is C29H34N2O. The van der Waals surface area contributed by atoms with Crippen LogP contribution in [0.5, 0.6) is 5.75 Å². The van der Waals surface area contributed by atoms with Crippen LogP contribution < -0.4 is 5.32 Å². The molecule has 4 rings (SSSR count). The standard InChI is InChI=1S/C29H34N2O/c1-20-16-21(2)18-24(17-20)29-28(26-9-4-5-10-27(26)31-29)22(3)19-30-15-7-6-8-23-11-13-25(32)14-12-23/h4-5,9-14,16-18,22,30-32H,6-8,15,19H2,1-3H3. The van der Waals surface area contributed by atoms with Gasteiger partial charge in [-0.1, -0.05) is 54.4 Å². The Morgan fingerprint density at radius 2 is 1.62 bits per heavy atom. The molecule has 0 bridgehead atoms. The highest BCUT2D eigenvalue weighted by Gasteiger charge is 2.18. The van der Waals surface area contributed by atoms with Gasteiger partial charge in [0.15, 0.2) is 0 Å². The Morgan fingerprint density at radius 1 is 0.906 bits per heavy atom. The summed E-state index contributed by atoms with van der Waals surface area (Å²) >= 11 is 0. The summed E-state index contributed by atoms with van der Waals surface area (Å²) in [6.07, 6.45) is 3.34. The Bertz CT molecular complexity index is 1150. The summed E-state index contributed by atoms with van der Waals surface area (Å²) in [6, 6.07) is 23.0. The third kappa shape index (κ3) is 5.23. The fraction of sp³-hybridized carbons (Fsp3) is 0.310. The highest BCUT2D eigenvalue weighted by atomic mass is 16.3. The van der Waals surface area contributed by atoms with Crippen LogP contribution in [0.15, 0.2) is 66.7 Å². The number of aromatic nitrogens is 1. The van der Waals surface area contributed by atoms with Crippen LogP contribution in [0.3, 0.4) is 0 Å². The molecule has 3 nitrogen and oxygen atoms in total. The van der Waals surface area contributed by atoms with Crippen molar-refractivity contribution < 1.29 is 5.11 Å². The average Bonchev–Trinajstić information content (AvgIpc) is 3.16. The molecule has 1 atom stereocenters. The van der Waals surface area contributed by atoms with Crippen molar-refractivity contribution >= 4 is 10.9 Å². The second kappa shape index (κ2) is 10.1. The lowest BCUT2D eigenvalue weighted by molar-refractivity contribution is 0.475. The van der Waals surface area contributed by atoms with Crippen molar-refractivity contribution in [3.05, 3.63) is 89.0 Å². The molecule has 3 aromatic carbocycles. The van der Waals surface area contributed by atoms with E-state index in [1.807, 2.05) is 12.1 Å². The van der Waals surface area contributed by atoms with Crippen LogP contribution in [0.1, 0.15) is 47.9 Å². The first kappa shape index (κ1) is 22.2. The number of rotatable bonds is 9. The number of hydrogen-bond donors (Lipinski definition) is 3. The third-order valence-electron chi connectivity index (χ3n) is 6.21. The van der Waals surface area contributed by atoms with Crippen LogP contribution >= 0.6 is 0 Å². The van der Waals surface area contributed by atoms with Gasteiger partial charge >= 0.3 is 0 Å². The van der Waals surface area contributed by atoms with Crippen LogP contribution in [-0.4, -0.2) is 23.2 Å². The molecule has 0 radical (unpaired) electrons. The summed E-state index contributed by atoms with van der Waals surface area (Å²) in [5.74, 6) is 0.737. The minimum atomic E-state index is 0.335. The van der Waals surface area contributed by atoms with Crippen molar-refractivity contribution in [2.75, 3.05) is 13.1 Å². The maximum absolute atomic E-state index is 9.40. The highest BCUT2D eigenvalue weighted by molar-refractivity contribution is 5.91. The van der Waals surface area contributed by atoms with E-state index in [0.717, 1.165) is 32.4 Å². The van der Waals surface area contributed by atoms with Crippen molar-refractivity contribution in [1.82, 2.24) is 10.3 Å². The van der Waals surface area contributed by atoms with Crippen LogP contribution in [-0.2, 0) is 6.42 Å². The van der Waals surface area contributed by atoms with Crippen molar-refractivity contribution in [2.24, 2.45) is 0 Å². The van der Waals surface area contributed by atoms with Gasteiger partial charge in [-0.05, 0) is 92.6 Å². The molecule has 1 unspecified atom stereocenters. The summed E-state index contributed by atoms with van der Waals surface area (Å²) in [6.45, 7) is 8.64. The molecular weight excluding hydrogens is 392 g/mol. The Morgan fingerprint density at radius 3 is 2.38 bits per heavy atom. The van der Waals surface area contributed by atoms with Crippen LogP contribution in [0, 0.1) is 13.8 Å². The highest BCUT2D eigenvalue weighted by Crippen LogP contribution is 2.36. The molecule has 166 valence electrons. The van der Waals surface area contributed by atoms with E-state index < -0.39 is 0 Å². The molecule has 0 spiro atoms. The minimum Gasteiger partial charge on any atom is -0.508 e. The lowest BCUT2D eigenvalue weighted by Crippen LogP contribution is -2.21. The Hall–Kier alpha value is -3.04. The van der Waals surface area contributed by atoms with Gasteiger partial charge < -0.3 is 15.4 Å². The van der Waals surface area contributed by atoms with E-state index in [4.69, 9.17) is 0 Å². The average molecular weight is 427 g/mol. The number of aromatic amines is 1. The predicted molar refractivity (Wildman–Crippen MR) is 136 cm³/mol. The number of fused-ring (bicyclic) bond motifs is 1. The number of aromatic hydroxyl groups is 1. The van der Waals surface area contributed by atoms with Gasteiger partial charge in [-0.25, -0.2) is 0 Å². The van der Waals surface area contributed by atoms with Crippen LogP contribution in [0.25, 0.3) is 22.2 Å². The number of phenols is 1. The monoisotopic (exact) mass is 426 g/mol. The first-order valence-electron chi connectivity index (χ1n) is 11.7. The maximum Gasteiger partial charge on any atom is 0.115 e. The molecule has 4 aromatic rings. The summed E-state index contributed by atoms with van der Waals surface area (Å²) in [5, 5.41) is 14.4. The Labute approximate surface area is 191 Å². The number of phenolic OH excluding ortho intramolecular Hbond substituents is 1. The van der Waals surface area contributed by atoms with Gasteiger partial charge in [-0.2, -0.15) is 0 Å². The van der Waals surface area contributed by atoms with Crippen molar-refractivity contribution in [3.8, 4) is 17.0 Å². The second-order valence-electron chi connectivity index (χ2n) is 9.06. The largest absolute Gasteiger partial charge is 0.508 e. The molecule has 1 heterocycles. The zero-order valence-corrected chi connectivity index (χ0v) is 19.4. The summed E-state index contributed by atoms with van der Waals surface area (Å²) in [5.41, 5.74) is 9.01. The van der Waals surface area contributed by atoms with Gasteiger partial charge in [0.2, 0.25) is 0 Å². The number of benzene rings is 3. The summed E-state index contributed by atoms with van der Waals surface area (Å²) in [7, 11) is 0. The van der Waals surface area contributed by atoms with E-state index in [1.54, 1.807) is 12.1 Å². The lowest BCUT2D eigenvalue weighted by atomic mass is 9.93. The zero-order chi connectivity index (χ0) is 22.5. The minimum absolute atomic E-state index is 0.335. The fourth-order valence-corrected chi connectivity index (χ4v) is 4.68. The normalized spacial score (nSPS) is 12.3. The maximum atomic E-state index is 9.40. The van der Waals surface area contributed by atoms with Gasteiger partial charge in [0, 0.05) is 17.4 Å². The third-order valence-corrected chi connectivity index (χ3v) is 6.21. The smallest absolute Gasteiger partial charge is 0.115 e. The molecule has 3 N–H and O–H groups in total. The SMILES string of the molecule is Cc1cc(C)cc(-c2[nH]c3ccccc3c2C(C)CNCCCCc2ccc(O)cc2)c1. The molecule has 1 aromatic heterocycles.